The van der Waals surface area contributed by atoms with E-state index in [4.69, 9.17) is 32.8 Å². The Labute approximate surface area is 171 Å². The van der Waals surface area contributed by atoms with Gasteiger partial charge in [0, 0.05) is 5.56 Å². The standard InChI is InChI=1S/C20H16Cl2N2O4/c1-20(2)10-28-23-19(20)27-9-13-15(8-7-14(21)16(13)22)24-17(25)11-5-3-4-6-12(11)18(24)26/h3-8H,9-10H2,1-2H3. The van der Waals surface area contributed by atoms with Crippen LogP contribution in [0.5, 0.6) is 0 Å². The van der Waals surface area contributed by atoms with Gasteiger partial charge in [-0.3, -0.25) is 9.59 Å². The zero-order valence-corrected chi connectivity index (χ0v) is 16.7. The summed E-state index contributed by atoms with van der Waals surface area (Å²) in [5.41, 5.74) is 1.06. The molecule has 4 rings (SSSR count). The summed E-state index contributed by atoms with van der Waals surface area (Å²) in [6.45, 7) is 4.25. The van der Waals surface area contributed by atoms with Gasteiger partial charge in [0.05, 0.1) is 32.3 Å². The molecular weight excluding hydrogens is 403 g/mol. The third-order valence-electron chi connectivity index (χ3n) is 4.71. The first kappa shape index (κ1) is 18.8. The molecule has 2 aliphatic rings. The first-order valence-electron chi connectivity index (χ1n) is 8.59. The maximum absolute atomic E-state index is 12.9. The zero-order valence-electron chi connectivity index (χ0n) is 15.2. The Kier molecular flexibility index (Phi) is 4.56. The Morgan fingerprint density at radius 3 is 2.32 bits per heavy atom. The van der Waals surface area contributed by atoms with E-state index in [-0.39, 0.29) is 17.0 Å². The number of imide groups is 1. The summed E-state index contributed by atoms with van der Waals surface area (Å²) < 4.78 is 5.82. The summed E-state index contributed by atoms with van der Waals surface area (Å²) in [6, 6.07) is 9.81. The van der Waals surface area contributed by atoms with E-state index in [1.807, 2.05) is 13.8 Å². The predicted octanol–water partition coefficient (Wildman–Crippen LogP) is 4.68. The van der Waals surface area contributed by atoms with Crippen LogP contribution in [-0.4, -0.2) is 24.3 Å². The molecule has 0 aromatic heterocycles. The van der Waals surface area contributed by atoms with E-state index in [1.54, 1.807) is 36.4 Å². The van der Waals surface area contributed by atoms with Crippen molar-refractivity contribution in [3.05, 3.63) is 63.1 Å². The molecule has 144 valence electrons. The Hall–Kier alpha value is -2.57. The molecule has 0 bridgehead atoms. The number of benzene rings is 2. The molecule has 2 aliphatic heterocycles. The first-order valence-corrected chi connectivity index (χ1v) is 9.35. The second-order valence-corrected chi connectivity index (χ2v) is 7.98. The number of amides is 2. The summed E-state index contributed by atoms with van der Waals surface area (Å²) in [6.07, 6.45) is 0. The van der Waals surface area contributed by atoms with Crippen molar-refractivity contribution in [3.63, 3.8) is 0 Å². The molecule has 8 heteroatoms. The van der Waals surface area contributed by atoms with Crippen LogP contribution in [0.15, 0.2) is 41.6 Å². The molecule has 0 saturated heterocycles. The number of hydrogen-bond acceptors (Lipinski definition) is 5. The highest BCUT2D eigenvalue weighted by atomic mass is 35.5. The van der Waals surface area contributed by atoms with Gasteiger partial charge in [-0.15, -0.1) is 0 Å². The fourth-order valence-corrected chi connectivity index (χ4v) is 3.53. The lowest BCUT2D eigenvalue weighted by molar-refractivity contribution is 0.0925. The average Bonchev–Trinajstić information content (AvgIpc) is 3.13. The minimum Gasteiger partial charge on any atom is -0.473 e. The lowest BCUT2D eigenvalue weighted by atomic mass is 9.95. The van der Waals surface area contributed by atoms with Crippen molar-refractivity contribution >= 4 is 46.6 Å². The number of ether oxygens (including phenoxy) is 1. The van der Waals surface area contributed by atoms with Crippen LogP contribution in [0.3, 0.4) is 0 Å². The van der Waals surface area contributed by atoms with Crippen molar-refractivity contribution in [2.75, 3.05) is 11.5 Å². The van der Waals surface area contributed by atoms with E-state index in [2.05, 4.69) is 5.16 Å². The molecule has 2 aromatic rings. The van der Waals surface area contributed by atoms with E-state index in [1.165, 1.54) is 0 Å². The highest BCUT2D eigenvalue weighted by Crippen LogP contribution is 2.38. The molecule has 0 unspecified atom stereocenters. The molecule has 2 aromatic carbocycles. The number of carbonyl (C=O) groups is 2. The topological polar surface area (TPSA) is 68.2 Å². The van der Waals surface area contributed by atoms with Crippen LogP contribution in [0.1, 0.15) is 40.1 Å². The van der Waals surface area contributed by atoms with Crippen molar-refractivity contribution in [2.45, 2.75) is 20.5 Å². The highest BCUT2D eigenvalue weighted by molar-refractivity contribution is 6.43. The number of oxime groups is 1. The number of halogens is 2. The first-order chi connectivity index (χ1) is 13.3. The molecule has 2 heterocycles. The van der Waals surface area contributed by atoms with Crippen molar-refractivity contribution in [2.24, 2.45) is 10.6 Å². The van der Waals surface area contributed by atoms with Gasteiger partial charge in [0.2, 0.25) is 5.90 Å². The maximum Gasteiger partial charge on any atom is 0.266 e. The van der Waals surface area contributed by atoms with Crippen LogP contribution in [0.4, 0.5) is 5.69 Å². The smallest absolute Gasteiger partial charge is 0.266 e. The number of fused-ring (bicyclic) bond motifs is 1. The van der Waals surface area contributed by atoms with Crippen LogP contribution >= 0.6 is 23.2 Å². The predicted molar refractivity (Wildman–Crippen MR) is 106 cm³/mol. The Balaban J connectivity index is 1.72. The molecule has 2 amide bonds. The molecular formula is C20H16Cl2N2O4. The van der Waals surface area contributed by atoms with Gasteiger partial charge in [-0.2, -0.15) is 0 Å². The van der Waals surface area contributed by atoms with E-state index in [0.29, 0.717) is 39.9 Å². The average molecular weight is 419 g/mol. The van der Waals surface area contributed by atoms with Gasteiger partial charge in [0.25, 0.3) is 11.8 Å². The highest BCUT2D eigenvalue weighted by Gasteiger charge is 2.39. The summed E-state index contributed by atoms with van der Waals surface area (Å²) >= 11 is 12.6. The molecule has 0 fully saturated rings. The summed E-state index contributed by atoms with van der Waals surface area (Å²) in [5.74, 6) is -0.416. The number of carbonyl (C=O) groups excluding carboxylic acids is 2. The SMILES string of the molecule is CC1(C)CON=C1OCc1c(N2C(=O)c3ccccc3C2=O)ccc(Cl)c1Cl. The summed E-state index contributed by atoms with van der Waals surface area (Å²) in [7, 11) is 0. The molecule has 0 aliphatic carbocycles. The van der Waals surface area contributed by atoms with Crippen molar-refractivity contribution in [3.8, 4) is 0 Å². The molecule has 0 N–H and O–H groups in total. The van der Waals surface area contributed by atoms with Gasteiger partial charge in [0.15, 0.2) is 0 Å². The quantitative estimate of drug-likeness (QED) is 0.678. The minimum absolute atomic E-state index is 0.0201. The second kappa shape index (κ2) is 6.79. The number of hydrogen-bond donors (Lipinski definition) is 0. The maximum atomic E-state index is 12.9. The van der Waals surface area contributed by atoms with E-state index >= 15 is 0 Å². The molecule has 6 nitrogen and oxygen atoms in total. The van der Waals surface area contributed by atoms with Crippen LogP contribution in [-0.2, 0) is 16.2 Å². The van der Waals surface area contributed by atoms with Gasteiger partial charge >= 0.3 is 0 Å². The minimum atomic E-state index is -0.415. The van der Waals surface area contributed by atoms with Crippen molar-refractivity contribution in [1.29, 1.82) is 0 Å². The van der Waals surface area contributed by atoms with Crippen LogP contribution in [0.2, 0.25) is 10.0 Å². The Morgan fingerprint density at radius 2 is 1.75 bits per heavy atom. The number of rotatable bonds is 3. The van der Waals surface area contributed by atoms with Gasteiger partial charge in [-0.05, 0) is 38.1 Å². The molecule has 0 saturated carbocycles. The molecule has 0 atom stereocenters. The molecule has 28 heavy (non-hydrogen) atoms. The van der Waals surface area contributed by atoms with Gasteiger partial charge < -0.3 is 9.57 Å². The molecule has 0 radical (unpaired) electrons. The summed E-state index contributed by atoms with van der Waals surface area (Å²) in [4.78, 5) is 31.9. The van der Waals surface area contributed by atoms with Crippen molar-refractivity contribution < 1.29 is 19.2 Å². The van der Waals surface area contributed by atoms with Gasteiger partial charge in [0.1, 0.15) is 13.2 Å². The second-order valence-electron chi connectivity index (χ2n) is 7.19. The fraction of sp³-hybridized carbons (Fsp3) is 0.250. The van der Waals surface area contributed by atoms with E-state index < -0.39 is 11.8 Å². The zero-order chi connectivity index (χ0) is 20.1. The number of anilines is 1. The Morgan fingerprint density at radius 1 is 1.11 bits per heavy atom. The number of nitrogens with zero attached hydrogens (tertiary/aromatic N) is 2. The van der Waals surface area contributed by atoms with Crippen LogP contribution < -0.4 is 4.90 Å². The van der Waals surface area contributed by atoms with Gasteiger partial charge in [-0.1, -0.05) is 40.5 Å². The lowest BCUT2D eigenvalue weighted by Crippen LogP contribution is -2.31. The largest absolute Gasteiger partial charge is 0.473 e. The Bertz CT molecular complexity index is 998. The third-order valence-corrected chi connectivity index (χ3v) is 5.55. The monoisotopic (exact) mass is 418 g/mol. The lowest BCUT2D eigenvalue weighted by Gasteiger charge is -2.22. The normalized spacial score (nSPS) is 17.4. The van der Waals surface area contributed by atoms with Crippen molar-refractivity contribution in [1.82, 2.24) is 0 Å². The van der Waals surface area contributed by atoms with E-state index in [0.717, 1.165) is 4.90 Å². The third kappa shape index (κ3) is 2.93. The summed E-state index contributed by atoms with van der Waals surface area (Å²) in [5, 5.41) is 4.43. The van der Waals surface area contributed by atoms with Gasteiger partial charge in [-0.25, -0.2) is 4.90 Å². The van der Waals surface area contributed by atoms with Crippen LogP contribution in [0.25, 0.3) is 0 Å². The van der Waals surface area contributed by atoms with E-state index in [9.17, 15) is 9.59 Å². The fourth-order valence-electron chi connectivity index (χ4n) is 3.14. The molecule has 0 spiro atoms. The van der Waals surface area contributed by atoms with Crippen LogP contribution in [0, 0.1) is 5.41 Å².